The van der Waals surface area contributed by atoms with Gasteiger partial charge in [0.05, 0.1) is 0 Å². The number of hydrogen-bond donors (Lipinski definition) is 1. The maximum Gasteiger partial charge on any atom is 0.223 e. The number of nitrogens with two attached hydrogens (primary N) is 1. The van der Waals surface area contributed by atoms with E-state index < -0.39 is 0 Å². The molecule has 1 aliphatic heterocycles. The monoisotopic (exact) mass is 310 g/mol. The van der Waals surface area contributed by atoms with Crippen LogP contribution in [0.1, 0.15) is 42.1 Å². The van der Waals surface area contributed by atoms with Crippen LogP contribution in [0.15, 0.2) is 24.3 Å². The summed E-state index contributed by atoms with van der Waals surface area (Å²) in [6.07, 6.45) is 2.37. The predicted octanol–water partition coefficient (Wildman–Crippen LogP) is 2.19. The molecule has 1 atom stereocenters. The van der Waals surface area contributed by atoms with Crippen LogP contribution < -0.4 is 5.73 Å². The maximum absolute atomic E-state index is 12.0. The van der Waals surface area contributed by atoms with E-state index in [2.05, 4.69) is 6.92 Å². The average molecular weight is 311 g/mol. The van der Waals surface area contributed by atoms with Crippen molar-refractivity contribution in [3.8, 4) is 0 Å². The molecular formula is C16H23ClN2O2. The molecule has 2 N–H and O–H groups in total. The number of hydrogen-bond acceptors (Lipinski definition) is 3. The highest BCUT2D eigenvalue weighted by Gasteiger charge is 2.23. The Labute approximate surface area is 132 Å². The second kappa shape index (κ2) is 8.15. The van der Waals surface area contributed by atoms with Crippen molar-refractivity contribution in [3.63, 3.8) is 0 Å². The summed E-state index contributed by atoms with van der Waals surface area (Å²) in [6, 6.07) is 7.72. The van der Waals surface area contributed by atoms with E-state index in [4.69, 9.17) is 5.73 Å². The number of carbonyl (C=O) groups excluding carboxylic acids is 2. The number of likely N-dealkylation sites (tertiary alicyclic amines) is 1. The van der Waals surface area contributed by atoms with E-state index in [1.165, 1.54) is 5.56 Å². The number of benzene rings is 1. The van der Waals surface area contributed by atoms with Gasteiger partial charge in [0.25, 0.3) is 0 Å². The van der Waals surface area contributed by atoms with Gasteiger partial charge in [-0.1, -0.05) is 31.2 Å². The van der Waals surface area contributed by atoms with Gasteiger partial charge in [0.15, 0.2) is 5.78 Å². The summed E-state index contributed by atoms with van der Waals surface area (Å²) in [4.78, 5) is 25.7. The molecule has 1 saturated heterocycles. The van der Waals surface area contributed by atoms with Gasteiger partial charge in [0.1, 0.15) is 0 Å². The first-order valence-corrected chi connectivity index (χ1v) is 7.25. The Hall–Kier alpha value is -1.39. The number of halogens is 1. The van der Waals surface area contributed by atoms with Crippen LogP contribution >= 0.6 is 12.4 Å². The van der Waals surface area contributed by atoms with Gasteiger partial charge in [-0.3, -0.25) is 9.59 Å². The molecule has 1 heterocycles. The molecule has 0 aromatic heterocycles. The van der Waals surface area contributed by atoms with Crippen molar-refractivity contribution in [2.75, 3.05) is 13.1 Å². The first-order chi connectivity index (χ1) is 9.60. The van der Waals surface area contributed by atoms with Crippen molar-refractivity contribution in [2.45, 2.75) is 38.6 Å². The molecular weight excluding hydrogens is 288 g/mol. The van der Waals surface area contributed by atoms with Gasteiger partial charge in [0.2, 0.25) is 5.91 Å². The third-order valence-electron chi connectivity index (χ3n) is 3.83. The van der Waals surface area contributed by atoms with Gasteiger partial charge in [0, 0.05) is 37.5 Å². The highest BCUT2D eigenvalue weighted by molar-refractivity contribution is 5.98. The molecule has 0 unspecified atom stereocenters. The van der Waals surface area contributed by atoms with E-state index in [0.29, 0.717) is 12.1 Å². The van der Waals surface area contributed by atoms with Gasteiger partial charge in [-0.25, -0.2) is 0 Å². The number of ketones is 1. The number of carbonyl (C=O) groups is 2. The molecule has 4 nitrogen and oxygen atoms in total. The first kappa shape index (κ1) is 17.7. The average Bonchev–Trinajstić information content (AvgIpc) is 2.91. The van der Waals surface area contributed by atoms with Crippen LogP contribution in [-0.2, 0) is 11.2 Å². The lowest BCUT2D eigenvalue weighted by atomic mass is 10.0. The fourth-order valence-corrected chi connectivity index (χ4v) is 2.46. The van der Waals surface area contributed by atoms with Crippen molar-refractivity contribution in [2.24, 2.45) is 5.73 Å². The molecule has 1 fully saturated rings. The zero-order valence-corrected chi connectivity index (χ0v) is 13.2. The fourth-order valence-electron chi connectivity index (χ4n) is 2.46. The van der Waals surface area contributed by atoms with E-state index in [1.807, 2.05) is 24.3 Å². The summed E-state index contributed by atoms with van der Waals surface area (Å²) >= 11 is 0. The topological polar surface area (TPSA) is 63.4 Å². The summed E-state index contributed by atoms with van der Waals surface area (Å²) in [5.74, 6) is 0.0703. The van der Waals surface area contributed by atoms with Gasteiger partial charge < -0.3 is 10.6 Å². The standard InChI is InChI=1S/C16H22N2O2.ClH/c1-2-12-3-5-13(6-4-12)15(19)7-8-16(20)18-10-9-14(17)11-18;/h3-6,14H,2,7-11,17H2,1H3;1H/t14-;/m1./s1. The highest BCUT2D eigenvalue weighted by atomic mass is 35.5. The van der Waals surface area contributed by atoms with E-state index in [9.17, 15) is 9.59 Å². The van der Waals surface area contributed by atoms with E-state index >= 15 is 0 Å². The number of Topliss-reactive ketones (excluding diaryl/α,β-unsaturated/α-hetero) is 1. The number of rotatable bonds is 5. The highest BCUT2D eigenvalue weighted by Crippen LogP contribution is 2.12. The van der Waals surface area contributed by atoms with Crippen LogP contribution in [0, 0.1) is 0 Å². The Balaban J connectivity index is 0.00000220. The molecule has 0 aliphatic carbocycles. The van der Waals surface area contributed by atoms with Gasteiger partial charge in [-0.15, -0.1) is 12.4 Å². The molecule has 116 valence electrons. The largest absolute Gasteiger partial charge is 0.341 e. The summed E-state index contributed by atoms with van der Waals surface area (Å²) in [5.41, 5.74) is 7.68. The SMILES string of the molecule is CCc1ccc(C(=O)CCC(=O)N2CC[C@@H](N)C2)cc1.Cl. The molecule has 2 rings (SSSR count). The van der Waals surface area contributed by atoms with Gasteiger partial charge in [-0.05, 0) is 18.4 Å². The van der Waals surface area contributed by atoms with Crippen LogP contribution in [0.4, 0.5) is 0 Å². The molecule has 0 spiro atoms. The molecule has 0 bridgehead atoms. The third-order valence-corrected chi connectivity index (χ3v) is 3.83. The van der Waals surface area contributed by atoms with Crippen LogP contribution in [0.2, 0.25) is 0 Å². The Morgan fingerprint density at radius 1 is 1.24 bits per heavy atom. The molecule has 1 aromatic rings. The number of aryl methyl sites for hydroxylation is 1. The second-order valence-corrected chi connectivity index (χ2v) is 5.36. The minimum atomic E-state index is 0. The Morgan fingerprint density at radius 3 is 2.43 bits per heavy atom. The number of nitrogens with zero attached hydrogens (tertiary/aromatic N) is 1. The maximum atomic E-state index is 12.0. The van der Waals surface area contributed by atoms with Crippen molar-refractivity contribution < 1.29 is 9.59 Å². The van der Waals surface area contributed by atoms with E-state index in [1.54, 1.807) is 4.90 Å². The molecule has 5 heteroatoms. The van der Waals surface area contributed by atoms with Crippen molar-refractivity contribution in [1.82, 2.24) is 4.90 Å². The molecule has 0 radical (unpaired) electrons. The Kier molecular flexibility index (Phi) is 6.85. The first-order valence-electron chi connectivity index (χ1n) is 7.25. The van der Waals surface area contributed by atoms with Gasteiger partial charge in [-0.2, -0.15) is 0 Å². The minimum Gasteiger partial charge on any atom is -0.341 e. The van der Waals surface area contributed by atoms with Crippen LogP contribution in [0.3, 0.4) is 0 Å². The summed E-state index contributed by atoms with van der Waals surface area (Å²) in [5, 5.41) is 0. The zero-order chi connectivity index (χ0) is 14.5. The van der Waals surface area contributed by atoms with Crippen LogP contribution in [0.5, 0.6) is 0 Å². The third kappa shape index (κ3) is 4.83. The lowest BCUT2D eigenvalue weighted by molar-refractivity contribution is -0.130. The Morgan fingerprint density at radius 2 is 1.90 bits per heavy atom. The molecule has 0 saturated carbocycles. The summed E-state index contributed by atoms with van der Waals surface area (Å²) < 4.78 is 0. The fraction of sp³-hybridized carbons (Fsp3) is 0.500. The van der Waals surface area contributed by atoms with E-state index in [0.717, 1.165) is 19.4 Å². The molecule has 1 aromatic carbocycles. The second-order valence-electron chi connectivity index (χ2n) is 5.36. The summed E-state index contributed by atoms with van der Waals surface area (Å²) in [7, 11) is 0. The zero-order valence-electron chi connectivity index (χ0n) is 12.4. The lowest BCUT2D eigenvalue weighted by Crippen LogP contribution is -2.32. The lowest BCUT2D eigenvalue weighted by Gasteiger charge is -2.15. The Bertz CT molecular complexity index is 488. The van der Waals surface area contributed by atoms with Crippen LogP contribution in [0.25, 0.3) is 0 Å². The van der Waals surface area contributed by atoms with E-state index in [-0.39, 0.29) is 43.0 Å². The normalized spacial score (nSPS) is 17.4. The summed E-state index contributed by atoms with van der Waals surface area (Å²) in [6.45, 7) is 3.42. The molecule has 1 amide bonds. The van der Waals surface area contributed by atoms with Crippen LogP contribution in [-0.4, -0.2) is 35.7 Å². The van der Waals surface area contributed by atoms with Crippen molar-refractivity contribution >= 4 is 24.1 Å². The van der Waals surface area contributed by atoms with Crippen molar-refractivity contribution in [1.29, 1.82) is 0 Å². The van der Waals surface area contributed by atoms with Gasteiger partial charge >= 0.3 is 0 Å². The van der Waals surface area contributed by atoms with Crippen molar-refractivity contribution in [3.05, 3.63) is 35.4 Å². The number of amides is 1. The quantitative estimate of drug-likeness (QED) is 0.848. The molecule has 1 aliphatic rings. The molecule has 21 heavy (non-hydrogen) atoms. The minimum absolute atomic E-state index is 0. The predicted molar refractivity (Wildman–Crippen MR) is 85.8 cm³/mol. The smallest absolute Gasteiger partial charge is 0.223 e.